The molecule has 2 atom stereocenters. The van der Waals surface area contributed by atoms with E-state index in [1.165, 1.54) is 32.7 Å². The highest BCUT2D eigenvalue weighted by Crippen LogP contribution is 2.43. The lowest BCUT2D eigenvalue weighted by molar-refractivity contribution is 0.490. The average molecular weight is 382 g/mol. The molecule has 0 saturated carbocycles. The molecule has 1 aliphatic heterocycles. The van der Waals surface area contributed by atoms with Crippen LogP contribution < -0.4 is 0 Å². The quantitative estimate of drug-likeness (QED) is 0.562. The SMILES string of the molecule is ClCC(Cc1ccccc1Br)CC1CSc2ccccc21. The summed E-state index contributed by atoms with van der Waals surface area (Å²) in [6.07, 6.45) is 2.23. The minimum atomic E-state index is 0.530. The molecule has 110 valence electrons. The summed E-state index contributed by atoms with van der Waals surface area (Å²) < 4.78 is 1.20. The van der Waals surface area contributed by atoms with Gasteiger partial charge in [-0.15, -0.1) is 23.4 Å². The van der Waals surface area contributed by atoms with Crippen LogP contribution in [0.3, 0.4) is 0 Å². The molecule has 2 aromatic rings. The third kappa shape index (κ3) is 3.67. The van der Waals surface area contributed by atoms with Crippen LogP contribution >= 0.6 is 39.3 Å². The van der Waals surface area contributed by atoms with Crippen molar-refractivity contribution in [3.63, 3.8) is 0 Å². The van der Waals surface area contributed by atoms with Gasteiger partial charge in [-0.05, 0) is 47.9 Å². The lowest BCUT2D eigenvalue weighted by atomic mass is 9.88. The molecule has 0 spiro atoms. The Bertz CT molecular complexity index is 614. The van der Waals surface area contributed by atoms with Gasteiger partial charge in [0.25, 0.3) is 0 Å². The Morgan fingerprint density at radius 2 is 1.90 bits per heavy atom. The summed E-state index contributed by atoms with van der Waals surface area (Å²) in [6, 6.07) is 17.3. The predicted octanol–water partition coefficient (Wildman–Crippen LogP) is 6.13. The van der Waals surface area contributed by atoms with Crippen molar-refractivity contribution in [2.75, 3.05) is 11.6 Å². The minimum absolute atomic E-state index is 0.530. The zero-order valence-corrected chi connectivity index (χ0v) is 14.9. The van der Waals surface area contributed by atoms with Gasteiger partial charge in [0, 0.05) is 21.0 Å². The van der Waals surface area contributed by atoms with Crippen molar-refractivity contribution in [3.05, 3.63) is 64.1 Å². The van der Waals surface area contributed by atoms with Gasteiger partial charge in [0.2, 0.25) is 0 Å². The van der Waals surface area contributed by atoms with Crippen molar-refractivity contribution in [2.24, 2.45) is 5.92 Å². The van der Waals surface area contributed by atoms with E-state index in [1.807, 2.05) is 11.8 Å². The van der Waals surface area contributed by atoms with Crippen LogP contribution in [0.1, 0.15) is 23.5 Å². The molecular formula is C18H18BrClS. The van der Waals surface area contributed by atoms with Gasteiger partial charge >= 0.3 is 0 Å². The van der Waals surface area contributed by atoms with Crippen LogP contribution in [0.15, 0.2) is 57.9 Å². The summed E-state index contributed by atoms with van der Waals surface area (Å²) in [6.45, 7) is 0. The number of alkyl halides is 1. The van der Waals surface area contributed by atoms with Crippen LogP contribution in [0, 0.1) is 5.92 Å². The molecule has 2 unspecified atom stereocenters. The summed E-state index contributed by atoms with van der Waals surface area (Å²) in [5, 5.41) is 0. The van der Waals surface area contributed by atoms with E-state index in [9.17, 15) is 0 Å². The maximum atomic E-state index is 6.25. The first-order valence-electron chi connectivity index (χ1n) is 7.29. The van der Waals surface area contributed by atoms with Gasteiger partial charge in [0.15, 0.2) is 0 Å². The van der Waals surface area contributed by atoms with E-state index in [0.29, 0.717) is 11.8 Å². The number of benzene rings is 2. The van der Waals surface area contributed by atoms with Gasteiger partial charge in [0.05, 0.1) is 0 Å². The third-order valence-electron chi connectivity index (χ3n) is 4.10. The highest BCUT2D eigenvalue weighted by Gasteiger charge is 2.25. The molecule has 0 radical (unpaired) electrons. The minimum Gasteiger partial charge on any atom is -0.126 e. The van der Waals surface area contributed by atoms with Gasteiger partial charge in [0.1, 0.15) is 0 Å². The first-order valence-corrected chi connectivity index (χ1v) is 9.60. The summed E-state index contributed by atoms with van der Waals surface area (Å²) in [7, 11) is 0. The molecule has 1 aliphatic rings. The van der Waals surface area contributed by atoms with Crippen LogP contribution in [0.2, 0.25) is 0 Å². The topological polar surface area (TPSA) is 0 Å². The summed E-state index contributed by atoms with van der Waals surface area (Å²) >= 11 is 11.9. The van der Waals surface area contributed by atoms with Crippen molar-refractivity contribution in [1.82, 2.24) is 0 Å². The maximum Gasteiger partial charge on any atom is 0.0255 e. The number of thioether (sulfide) groups is 1. The molecule has 0 fully saturated rings. The molecule has 0 aliphatic carbocycles. The Balaban J connectivity index is 1.70. The lowest BCUT2D eigenvalue weighted by Crippen LogP contribution is -2.12. The zero-order chi connectivity index (χ0) is 14.7. The Morgan fingerprint density at radius 3 is 2.71 bits per heavy atom. The summed E-state index contributed by atoms with van der Waals surface area (Å²) in [5.41, 5.74) is 2.88. The Kier molecular flexibility index (Phi) is 5.31. The number of rotatable bonds is 5. The van der Waals surface area contributed by atoms with E-state index in [-0.39, 0.29) is 0 Å². The molecule has 0 nitrogen and oxygen atoms in total. The van der Waals surface area contributed by atoms with Crippen LogP contribution in [-0.2, 0) is 6.42 Å². The molecular weight excluding hydrogens is 364 g/mol. The number of halogens is 2. The van der Waals surface area contributed by atoms with E-state index >= 15 is 0 Å². The van der Waals surface area contributed by atoms with Crippen molar-refractivity contribution < 1.29 is 0 Å². The highest BCUT2D eigenvalue weighted by atomic mass is 79.9. The first kappa shape index (κ1) is 15.5. The molecule has 0 bridgehead atoms. The molecule has 3 rings (SSSR count). The number of hydrogen-bond donors (Lipinski definition) is 0. The van der Waals surface area contributed by atoms with E-state index in [1.54, 1.807) is 0 Å². The fourth-order valence-electron chi connectivity index (χ4n) is 3.00. The Hall–Kier alpha value is -0.440. The molecule has 0 amide bonds. The van der Waals surface area contributed by atoms with Gasteiger partial charge in [-0.2, -0.15) is 0 Å². The summed E-state index contributed by atoms with van der Waals surface area (Å²) in [4.78, 5) is 1.46. The zero-order valence-electron chi connectivity index (χ0n) is 11.8. The van der Waals surface area contributed by atoms with Gasteiger partial charge in [-0.3, -0.25) is 0 Å². The van der Waals surface area contributed by atoms with E-state index in [0.717, 1.165) is 12.3 Å². The highest BCUT2D eigenvalue weighted by molar-refractivity contribution is 9.10. The maximum absolute atomic E-state index is 6.25. The smallest absolute Gasteiger partial charge is 0.0255 e. The normalized spacial score (nSPS) is 18.5. The second-order valence-electron chi connectivity index (χ2n) is 5.60. The molecule has 0 aromatic heterocycles. The average Bonchev–Trinajstić information content (AvgIpc) is 2.92. The second kappa shape index (κ2) is 7.21. The van der Waals surface area contributed by atoms with E-state index in [2.05, 4.69) is 64.5 Å². The van der Waals surface area contributed by atoms with Gasteiger partial charge in [-0.25, -0.2) is 0 Å². The van der Waals surface area contributed by atoms with Crippen LogP contribution in [0.25, 0.3) is 0 Å². The first-order chi connectivity index (χ1) is 10.3. The number of fused-ring (bicyclic) bond motifs is 1. The number of hydrogen-bond acceptors (Lipinski definition) is 1. The van der Waals surface area contributed by atoms with Crippen LogP contribution in [0.5, 0.6) is 0 Å². The molecule has 21 heavy (non-hydrogen) atoms. The molecule has 1 heterocycles. The molecule has 2 aromatic carbocycles. The predicted molar refractivity (Wildman–Crippen MR) is 96.6 cm³/mol. The lowest BCUT2D eigenvalue weighted by Gasteiger charge is -2.19. The van der Waals surface area contributed by atoms with Crippen molar-refractivity contribution in [1.29, 1.82) is 0 Å². The van der Waals surface area contributed by atoms with Crippen molar-refractivity contribution in [3.8, 4) is 0 Å². The van der Waals surface area contributed by atoms with E-state index < -0.39 is 0 Å². The molecule has 3 heteroatoms. The molecule has 0 N–H and O–H groups in total. The van der Waals surface area contributed by atoms with Crippen LogP contribution in [-0.4, -0.2) is 11.6 Å². The Labute approximate surface area is 144 Å². The molecule has 0 saturated heterocycles. The largest absolute Gasteiger partial charge is 0.126 e. The summed E-state index contributed by atoms with van der Waals surface area (Å²) in [5.74, 6) is 3.10. The van der Waals surface area contributed by atoms with Crippen molar-refractivity contribution >= 4 is 39.3 Å². The van der Waals surface area contributed by atoms with E-state index in [4.69, 9.17) is 11.6 Å². The van der Waals surface area contributed by atoms with Crippen molar-refractivity contribution in [2.45, 2.75) is 23.7 Å². The third-order valence-corrected chi connectivity index (χ3v) is 6.56. The fraction of sp³-hybridized carbons (Fsp3) is 0.333. The Morgan fingerprint density at radius 1 is 1.14 bits per heavy atom. The van der Waals surface area contributed by atoms with Gasteiger partial charge in [-0.1, -0.05) is 52.3 Å². The standard InChI is InChI=1S/C18H18BrClS/c19-17-7-3-1-5-14(17)9-13(11-20)10-15-12-21-18-8-4-2-6-16(15)18/h1-8,13,15H,9-12H2. The fourth-order valence-corrected chi connectivity index (χ4v) is 4.96. The second-order valence-corrected chi connectivity index (χ2v) is 7.82. The monoisotopic (exact) mass is 380 g/mol. The van der Waals surface area contributed by atoms with Gasteiger partial charge < -0.3 is 0 Å². The van der Waals surface area contributed by atoms with Crippen LogP contribution in [0.4, 0.5) is 0 Å².